The summed E-state index contributed by atoms with van der Waals surface area (Å²) in [6, 6.07) is 5.72. The van der Waals surface area contributed by atoms with Gasteiger partial charge in [0.2, 0.25) is 5.95 Å². The van der Waals surface area contributed by atoms with Crippen LogP contribution in [0.3, 0.4) is 0 Å². The third-order valence-electron chi connectivity index (χ3n) is 5.93. The second kappa shape index (κ2) is 10.7. The molecule has 1 saturated heterocycles. The van der Waals surface area contributed by atoms with Crippen molar-refractivity contribution in [1.82, 2.24) is 34.4 Å². The predicted molar refractivity (Wildman–Crippen MR) is 130 cm³/mol. The molecule has 0 spiro atoms. The minimum atomic E-state index is -0.643. The molecule has 5 rings (SSSR count). The van der Waals surface area contributed by atoms with Gasteiger partial charge in [-0.05, 0) is 37.1 Å². The number of hydrogen-bond acceptors (Lipinski definition) is 9. The molecule has 0 aromatic carbocycles. The maximum absolute atomic E-state index is 13.2. The third kappa shape index (κ3) is 5.20. The van der Waals surface area contributed by atoms with E-state index in [9.17, 15) is 4.39 Å². The summed E-state index contributed by atoms with van der Waals surface area (Å²) in [7, 11) is 3.47. The van der Waals surface area contributed by atoms with Gasteiger partial charge in [-0.15, -0.1) is 5.10 Å². The minimum absolute atomic E-state index is 0.205. The number of methoxy groups -OCH3 is 1. The first-order chi connectivity index (χ1) is 16.5. The SMILES string of the molecule is CNc1nc(N)nn2ccc(-c3ccc4nccnc4n3)c12.COCCN1CCC(C)[C@@H](F)C1. The van der Waals surface area contributed by atoms with Crippen LogP contribution in [0.2, 0.25) is 0 Å². The number of hydrogen-bond donors (Lipinski definition) is 2. The Morgan fingerprint density at radius 3 is 2.79 bits per heavy atom. The minimum Gasteiger partial charge on any atom is -0.383 e. The van der Waals surface area contributed by atoms with E-state index in [0.29, 0.717) is 24.6 Å². The number of likely N-dealkylation sites (tertiary alicyclic amines) is 1. The van der Waals surface area contributed by atoms with Crippen molar-refractivity contribution in [1.29, 1.82) is 0 Å². The van der Waals surface area contributed by atoms with Crippen molar-refractivity contribution in [2.24, 2.45) is 5.92 Å². The summed E-state index contributed by atoms with van der Waals surface area (Å²) >= 11 is 0. The Morgan fingerprint density at radius 1 is 1.21 bits per heavy atom. The van der Waals surface area contributed by atoms with Crippen LogP contribution < -0.4 is 11.1 Å². The molecule has 5 heterocycles. The van der Waals surface area contributed by atoms with E-state index in [4.69, 9.17) is 10.5 Å². The smallest absolute Gasteiger partial charge is 0.240 e. The van der Waals surface area contributed by atoms with Gasteiger partial charge in [-0.1, -0.05) is 6.92 Å². The van der Waals surface area contributed by atoms with Gasteiger partial charge in [0.25, 0.3) is 0 Å². The molecule has 0 aliphatic carbocycles. The summed E-state index contributed by atoms with van der Waals surface area (Å²) < 4.78 is 19.8. The van der Waals surface area contributed by atoms with Crippen LogP contribution in [0.15, 0.2) is 36.8 Å². The van der Waals surface area contributed by atoms with Crippen LogP contribution in [0, 0.1) is 5.92 Å². The fraction of sp³-hybridized carbons (Fsp3) is 0.435. The molecule has 34 heavy (non-hydrogen) atoms. The number of alkyl halides is 1. The molecule has 4 aromatic rings. The largest absolute Gasteiger partial charge is 0.383 e. The summed E-state index contributed by atoms with van der Waals surface area (Å²) in [6.07, 6.45) is 5.43. The zero-order valence-electron chi connectivity index (χ0n) is 19.6. The van der Waals surface area contributed by atoms with Gasteiger partial charge in [-0.2, -0.15) is 4.98 Å². The summed E-state index contributed by atoms with van der Waals surface area (Å²) in [5.74, 6) is 1.09. The van der Waals surface area contributed by atoms with Crippen molar-refractivity contribution in [3.05, 3.63) is 36.8 Å². The van der Waals surface area contributed by atoms with Gasteiger partial charge < -0.3 is 15.8 Å². The predicted octanol–water partition coefficient (Wildman–Crippen LogP) is 2.67. The van der Waals surface area contributed by atoms with Gasteiger partial charge in [-0.3, -0.25) is 9.88 Å². The summed E-state index contributed by atoms with van der Waals surface area (Å²) in [4.78, 5) is 19.4. The topological polar surface area (TPSA) is 119 Å². The van der Waals surface area contributed by atoms with E-state index in [0.717, 1.165) is 41.8 Å². The Labute approximate surface area is 197 Å². The van der Waals surface area contributed by atoms with Gasteiger partial charge in [0, 0.05) is 51.4 Å². The van der Waals surface area contributed by atoms with Crippen LogP contribution in [-0.2, 0) is 4.74 Å². The molecule has 4 aromatic heterocycles. The average molecular weight is 468 g/mol. The number of nitrogens with zero attached hydrogens (tertiary/aromatic N) is 7. The molecule has 11 heteroatoms. The lowest BCUT2D eigenvalue weighted by Gasteiger charge is -2.32. The first-order valence-corrected chi connectivity index (χ1v) is 11.3. The average Bonchev–Trinajstić information content (AvgIpc) is 3.28. The second-order valence-electron chi connectivity index (χ2n) is 8.26. The molecular weight excluding hydrogens is 437 g/mol. The van der Waals surface area contributed by atoms with Gasteiger partial charge in [-0.25, -0.2) is 18.9 Å². The Hall–Kier alpha value is -3.44. The number of nitrogen functional groups attached to an aromatic ring is 1. The van der Waals surface area contributed by atoms with Gasteiger partial charge in [0.15, 0.2) is 11.5 Å². The Kier molecular flexibility index (Phi) is 7.43. The number of ether oxygens (including phenoxy) is 1. The standard InChI is InChI=1S/C14H12N8.C9H18FNO/c1-16-13-11-8(4-7-22(11)21-14(15)20-13)9-2-3-10-12(19-9)18-6-5-17-10;1-8-3-4-11(5-6-12-2)7-9(8)10/h2-7H,1H3,(H3,15,16,20,21);8-9H,3-7H2,1-2H3/t;8?,9-/m.0/s1. The lowest BCUT2D eigenvalue weighted by molar-refractivity contribution is 0.0699. The quantitative estimate of drug-likeness (QED) is 0.456. The van der Waals surface area contributed by atoms with Crippen LogP contribution in [0.5, 0.6) is 0 Å². The van der Waals surface area contributed by atoms with E-state index in [1.54, 1.807) is 31.1 Å². The fourth-order valence-corrected chi connectivity index (χ4v) is 3.94. The summed E-state index contributed by atoms with van der Waals surface area (Å²) in [6.45, 7) is 5.17. The zero-order valence-corrected chi connectivity index (χ0v) is 19.6. The van der Waals surface area contributed by atoms with Crippen LogP contribution in [-0.4, -0.2) is 81.0 Å². The number of nitrogens with two attached hydrogens (primary N) is 1. The zero-order chi connectivity index (χ0) is 24.1. The second-order valence-corrected chi connectivity index (χ2v) is 8.26. The van der Waals surface area contributed by atoms with Crippen LogP contribution in [0.4, 0.5) is 16.2 Å². The Balaban J connectivity index is 0.000000195. The van der Waals surface area contributed by atoms with E-state index < -0.39 is 6.17 Å². The van der Waals surface area contributed by atoms with Gasteiger partial charge >= 0.3 is 0 Å². The highest BCUT2D eigenvalue weighted by molar-refractivity contribution is 5.89. The van der Waals surface area contributed by atoms with Crippen molar-refractivity contribution in [2.75, 3.05) is 51.4 Å². The number of aromatic nitrogens is 6. The third-order valence-corrected chi connectivity index (χ3v) is 5.93. The number of nitrogens with one attached hydrogen (secondary N) is 1. The Bertz CT molecular complexity index is 1250. The van der Waals surface area contributed by atoms with Crippen molar-refractivity contribution >= 4 is 28.4 Å². The van der Waals surface area contributed by atoms with E-state index in [2.05, 4.69) is 35.3 Å². The lowest BCUT2D eigenvalue weighted by atomic mass is 9.97. The van der Waals surface area contributed by atoms with Crippen molar-refractivity contribution in [3.8, 4) is 11.3 Å². The van der Waals surface area contributed by atoms with Crippen LogP contribution >= 0.6 is 0 Å². The number of piperidine rings is 1. The maximum Gasteiger partial charge on any atom is 0.240 e. The van der Waals surface area contributed by atoms with E-state index in [1.165, 1.54) is 0 Å². The molecule has 1 aliphatic heterocycles. The van der Waals surface area contributed by atoms with E-state index in [-0.39, 0.29) is 11.9 Å². The molecule has 0 saturated carbocycles. The lowest BCUT2D eigenvalue weighted by Crippen LogP contribution is -2.42. The number of pyridine rings is 1. The molecule has 1 fully saturated rings. The van der Waals surface area contributed by atoms with Crippen LogP contribution in [0.1, 0.15) is 13.3 Å². The molecular formula is C23H30FN9O. The molecule has 10 nitrogen and oxygen atoms in total. The molecule has 0 radical (unpaired) electrons. The summed E-state index contributed by atoms with van der Waals surface area (Å²) in [5.41, 5.74) is 9.55. The number of rotatable bonds is 5. The number of anilines is 2. The molecule has 2 atom stereocenters. The fourth-order valence-electron chi connectivity index (χ4n) is 3.94. The molecule has 3 N–H and O–H groups in total. The molecule has 0 amide bonds. The highest BCUT2D eigenvalue weighted by Gasteiger charge is 2.25. The van der Waals surface area contributed by atoms with Crippen molar-refractivity contribution < 1.29 is 9.13 Å². The van der Waals surface area contributed by atoms with Crippen LogP contribution in [0.25, 0.3) is 27.9 Å². The number of halogens is 1. The molecule has 0 bridgehead atoms. The highest BCUT2D eigenvalue weighted by atomic mass is 19.1. The molecule has 1 unspecified atom stereocenters. The maximum atomic E-state index is 13.2. The number of fused-ring (bicyclic) bond motifs is 2. The summed E-state index contributed by atoms with van der Waals surface area (Å²) in [5, 5.41) is 7.22. The van der Waals surface area contributed by atoms with Crippen molar-refractivity contribution in [2.45, 2.75) is 19.5 Å². The first kappa shape index (κ1) is 23.7. The van der Waals surface area contributed by atoms with Gasteiger partial charge in [0.1, 0.15) is 17.2 Å². The van der Waals surface area contributed by atoms with E-state index in [1.807, 2.05) is 31.3 Å². The monoisotopic (exact) mass is 467 g/mol. The highest BCUT2D eigenvalue weighted by Crippen LogP contribution is 2.29. The molecule has 1 aliphatic rings. The van der Waals surface area contributed by atoms with Crippen molar-refractivity contribution in [3.63, 3.8) is 0 Å². The molecule has 180 valence electrons. The van der Waals surface area contributed by atoms with E-state index >= 15 is 0 Å². The normalized spacial score (nSPS) is 18.6. The first-order valence-electron chi connectivity index (χ1n) is 11.3. The Morgan fingerprint density at radius 2 is 2.03 bits per heavy atom. The van der Waals surface area contributed by atoms with Gasteiger partial charge in [0.05, 0.1) is 12.3 Å².